The topological polar surface area (TPSA) is 74.2 Å². The van der Waals surface area contributed by atoms with Crippen molar-refractivity contribution in [2.75, 3.05) is 6.61 Å². The van der Waals surface area contributed by atoms with E-state index >= 15 is 0 Å². The fourth-order valence-corrected chi connectivity index (χ4v) is 2.49. The Balaban J connectivity index is 1.75. The summed E-state index contributed by atoms with van der Waals surface area (Å²) >= 11 is 0. The van der Waals surface area contributed by atoms with Gasteiger partial charge in [-0.15, -0.1) is 0 Å². The SMILES string of the molecule is CCCC(N)c1nc(C2COc3ccccc3C2)no1. The number of hydrogen-bond acceptors (Lipinski definition) is 5. The first-order chi connectivity index (χ1) is 9.78. The molecule has 2 unspecified atom stereocenters. The molecule has 2 heterocycles. The quantitative estimate of drug-likeness (QED) is 0.926. The molecule has 1 aliphatic rings. The van der Waals surface area contributed by atoms with E-state index in [1.54, 1.807) is 0 Å². The maximum absolute atomic E-state index is 6.00. The standard InChI is InChI=1S/C15H19N3O2/c1-2-5-12(16)15-17-14(18-20-15)11-8-10-6-3-4-7-13(10)19-9-11/h3-4,6-7,11-12H,2,5,8-9,16H2,1H3. The van der Waals surface area contributed by atoms with E-state index in [0.29, 0.717) is 18.3 Å². The highest BCUT2D eigenvalue weighted by molar-refractivity contribution is 5.36. The van der Waals surface area contributed by atoms with E-state index in [1.807, 2.05) is 18.2 Å². The molecular weight excluding hydrogens is 254 g/mol. The third-order valence-corrected chi connectivity index (χ3v) is 3.62. The third-order valence-electron chi connectivity index (χ3n) is 3.62. The Labute approximate surface area is 118 Å². The first kappa shape index (κ1) is 13.1. The Bertz CT molecular complexity index is 582. The molecule has 2 atom stereocenters. The average molecular weight is 273 g/mol. The van der Waals surface area contributed by atoms with Gasteiger partial charge in [-0.3, -0.25) is 0 Å². The van der Waals surface area contributed by atoms with Gasteiger partial charge in [0.05, 0.1) is 18.6 Å². The number of para-hydroxylation sites is 1. The maximum Gasteiger partial charge on any atom is 0.243 e. The van der Waals surface area contributed by atoms with Crippen LogP contribution in [0.15, 0.2) is 28.8 Å². The molecule has 0 radical (unpaired) electrons. The van der Waals surface area contributed by atoms with Gasteiger partial charge in [-0.25, -0.2) is 0 Å². The molecule has 5 heteroatoms. The Hall–Kier alpha value is -1.88. The Morgan fingerprint density at radius 2 is 2.25 bits per heavy atom. The van der Waals surface area contributed by atoms with E-state index in [-0.39, 0.29) is 12.0 Å². The van der Waals surface area contributed by atoms with Crippen LogP contribution in [-0.2, 0) is 6.42 Å². The lowest BCUT2D eigenvalue weighted by molar-refractivity contribution is 0.253. The Kier molecular flexibility index (Phi) is 3.69. The molecule has 3 rings (SSSR count). The third kappa shape index (κ3) is 2.54. The predicted molar refractivity (Wildman–Crippen MR) is 74.5 cm³/mol. The maximum atomic E-state index is 6.00. The van der Waals surface area contributed by atoms with Gasteiger partial charge in [-0.1, -0.05) is 36.7 Å². The normalized spacial score (nSPS) is 19.2. The number of nitrogens with two attached hydrogens (primary N) is 1. The molecule has 5 nitrogen and oxygen atoms in total. The van der Waals surface area contributed by atoms with Crippen LogP contribution in [0.25, 0.3) is 0 Å². The number of ether oxygens (including phenoxy) is 1. The fraction of sp³-hybridized carbons (Fsp3) is 0.467. The average Bonchev–Trinajstić information content (AvgIpc) is 2.97. The van der Waals surface area contributed by atoms with Crippen molar-refractivity contribution in [2.45, 2.75) is 38.1 Å². The highest BCUT2D eigenvalue weighted by Gasteiger charge is 2.26. The van der Waals surface area contributed by atoms with Crippen molar-refractivity contribution in [3.8, 4) is 5.75 Å². The van der Waals surface area contributed by atoms with Gasteiger partial charge in [0.2, 0.25) is 5.89 Å². The van der Waals surface area contributed by atoms with Crippen molar-refractivity contribution >= 4 is 0 Å². The summed E-state index contributed by atoms with van der Waals surface area (Å²) in [5, 5.41) is 4.07. The minimum absolute atomic E-state index is 0.135. The molecule has 0 bridgehead atoms. The van der Waals surface area contributed by atoms with Gasteiger partial charge in [0.1, 0.15) is 5.75 Å². The minimum Gasteiger partial charge on any atom is -0.493 e. The molecule has 106 valence electrons. The van der Waals surface area contributed by atoms with Crippen LogP contribution in [-0.4, -0.2) is 16.7 Å². The number of aromatic nitrogens is 2. The lowest BCUT2D eigenvalue weighted by Gasteiger charge is -2.22. The van der Waals surface area contributed by atoms with Crippen LogP contribution in [0.5, 0.6) is 5.75 Å². The number of hydrogen-bond donors (Lipinski definition) is 1. The zero-order valence-corrected chi connectivity index (χ0v) is 11.6. The summed E-state index contributed by atoms with van der Waals surface area (Å²) < 4.78 is 11.0. The summed E-state index contributed by atoms with van der Waals surface area (Å²) in [6.07, 6.45) is 2.72. The van der Waals surface area contributed by atoms with Crippen LogP contribution in [0.3, 0.4) is 0 Å². The van der Waals surface area contributed by atoms with Gasteiger partial charge in [0, 0.05) is 0 Å². The highest BCUT2D eigenvalue weighted by atomic mass is 16.5. The molecule has 1 aromatic heterocycles. The van der Waals surface area contributed by atoms with E-state index in [4.69, 9.17) is 15.0 Å². The monoisotopic (exact) mass is 273 g/mol. The van der Waals surface area contributed by atoms with Gasteiger partial charge in [-0.2, -0.15) is 4.98 Å². The van der Waals surface area contributed by atoms with E-state index in [2.05, 4.69) is 23.1 Å². The van der Waals surface area contributed by atoms with E-state index in [1.165, 1.54) is 5.56 Å². The molecule has 2 aromatic rings. The van der Waals surface area contributed by atoms with Gasteiger partial charge >= 0.3 is 0 Å². The summed E-state index contributed by atoms with van der Waals surface area (Å²) in [5.41, 5.74) is 7.19. The molecule has 20 heavy (non-hydrogen) atoms. The van der Waals surface area contributed by atoms with Gasteiger partial charge < -0.3 is 15.0 Å². The van der Waals surface area contributed by atoms with E-state index in [0.717, 1.165) is 25.0 Å². The van der Waals surface area contributed by atoms with Crippen LogP contribution in [0.2, 0.25) is 0 Å². The molecule has 0 spiro atoms. The van der Waals surface area contributed by atoms with Gasteiger partial charge in [0.15, 0.2) is 5.82 Å². The molecule has 0 saturated carbocycles. The number of benzene rings is 1. The molecule has 1 aliphatic heterocycles. The Morgan fingerprint density at radius 3 is 3.10 bits per heavy atom. The van der Waals surface area contributed by atoms with Gasteiger partial charge in [0.25, 0.3) is 0 Å². The molecule has 0 saturated heterocycles. The van der Waals surface area contributed by atoms with Crippen LogP contribution < -0.4 is 10.5 Å². The van der Waals surface area contributed by atoms with Crippen LogP contribution in [0.4, 0.5) is 0 Å². The predicted octanol–water partition coefficient (Wildman–Crippen LogP) is 2.59. The molecule has 0 fully saturated rings. The van der Waals surface area contributed by atoms with Crippen molar-refractivity contribution in [3.05, 3.63) is 41.5 Å². The molecule has 1 aromatic carbocycles. The molecular formula is C15H19N3O2. The van der Waals surface area contributed by atoms with Crippen LogP contribution >= 0.6 is 0 Å². The zero-order valence-electron chi connectivity index (χ0n) is 11.6. The molecule has 0 amide bonds. The van der Waals surface area contributed by atoms with Crippen molar-refractivity contribution in [1.29, 1.82) is 0 Å². The van der Waals surface area contributed by atoms with Crippen molar-refractivity contribution < 1.29 is 9.26 Å². The Morgan fingerprint density at radius 1 is 1.40 bits per heavy atom. The smallest absolute Gasteiger partial charge is 0.243 e. The fourth-order valence-electron chi connectivity index (χ4n) is 2.49. The number of fused-ring (bicyclic) bond motifs is 1. The van der Waals surface area contributed by atoms with Crippen molar-refractivity contribution in [3.63, 3.8) is 0 Å². The highest BCUT2D eigenvalue weighted by Crippen LogP contribution is 2.31. The van der Waals surface area contributed by atoms with Crippen LogP contribution in [0, 0.1) is 0 Å². The molecule has 2 N–H and O–H groups in total. The number of nitrogens with zero attached hydrogens (tertiary/aromatic N) is 2. The second kappa shape index (κ2) is 5.63. The molecule has 0 aliphatic carbocycles. The summed E-state index contributed by atoms with van der Waals surface area (Å²) in [6, 6.07) is 7.90. The zero-order chi connectivity index (χ0) is 13.9. The van der Waals surface area contributed by atoms with Crippen molar-refractivity contribution in [1.82, 2.24) is 10.1 Å². The lowest BCUT2D eigenvalue weighted by Crippen LogP contribution is -2.20. The van der Waals surface area contributed by atoms with E-state index in [9.17, 15) is 0 Å². The summed E-state index contributed by atoms with van der Waals surface area (Å²) in [6.45, 7) is 2.67. The first-order valence-electron chi connectivity index (χ1n) is 7.07. The minimum atomic E-state index is -0.168. The largest absolute Gasteiger partial charge is 0.493 e. The lowest BCUT2D eigenvalue weighted by atomic mass is 9.96. The summed E-state index contributed by atoms with van der Waals surface area (Å²) in [7, 11) is 0. The summed E-state index contributed by atoms with van der Waals surface area (Å²) in [5.74, 6) is 2.31. The summed E-state index contributed by atoms with van der Waals surface area (Å²) in [4.78, 5) is 4.44. The van der Waals surface area contributed by atoms with Crippen molar-refractivity contribution in [2.24, 2.45) is 5.73 Å². The van der Waals surface area contributed by atoms with E-state index < -0.39 is 0 Å². The first-order valence-corrected chi connectivity index (χ1v) is 7.07. The second-order valence-electron chi connectivity index (χ2n) is 5.21. The van der Waals surface area contributed by atoms with Gasteiger partial charge in [-0.05, 0) is 24.5 Å². The van der Waals surface area contributed by atoms with Crippen LogP contribution in [0.1, 0.15) is 49.0 Å². The second-order valence-corrected chi connectivity index (χ2v) is 5.21. The number of rotatable bonds is 4.